The summed E-state index contributed by atoms with van der Waals surface area (Å²) in [4.78, 5) is 40.4. The summed E-state index contributed by atoms with van der Waals surface area (Å²) in [6.07, 6.45) is 2.28. The summed E-state index contributed by atoms with van der Waals surface area (Å²) in [6, 6.07) is 9.74. The van der Waals surface area contributed by atoms with Crippen LogP contribution >= 0.6 is 0 Å². The number of hydrogen-bond acceptors (Lipinski definition) is 5. The van der Waals surface area contributed by atoms with Crippen molar-refractivity contribution in [2.45, 2.75) is 71.8 Å². The molecule has 2 aliphatic rings. The minimum Gasteiger partial charge on any atom is -0.399 e. The zero-order valence-corrected chi connectivity index (χ0v) is 20.1. The number of rotatable bonds is 6. The largest absolute Gasteiger partial charge is 0.495 e. The monoisotopic (exact) mass is 450 g/mol. The molecule has 2 aromatic rings. The minimum absolute atomic E-state index is 0.228. The molecule has 0 N–H and O–H groups in total. The molecule has 2 aliphatic heterocycles. The highest BCUT2D eigenvalue weighted by atomic mass is 16.7. The van der Waals surface area contributed by atoms with Crippen molar-refractivity contribution in [2.24, 2.45) is 5.92 Å². The smallest absolute Gasteiger partial charge is 0.399 e. The van der Waals surface area contributed by atoms with E-state index in [1.54, 1.807) is 41.1 Å². The Labute approximate surface area is 194 Å². The fourth-order valence-electron chi connectivity index (χ4n) is 4.37. The van der Waals surface area contributed by atoms with Gasteiger partial charge in [-0.1, -0.05) is 26.0 Å². The molecule has 0 saturated carbocycles. The highest BCUT2D eigenvalue weighted by molar-refractivity contribution is 6.62. The van der Waals surface area contributed by atoms with E-state index in [0.717, 1.165) is 0 Å². The van der Waals surface area contributed by atoms with Crippen molar-refractivity contribution < 1.29 is 18.9 Å². The molecule has 0 radical (unpaired) electrons. The highest BCUT2D eigenvalue weighted by Crippen LogP contribution is 2.36. The van der Waals surface area contributed by atoms with Crippen molar-refractivity contribution in [3.8, 4) is 0 Å². The maximum atomic E-state index is 13.0. The van der Waals surface area contributed by atoms with Gasteiger partial charge < -0.3 is 13.9 Å². The lowest BCUT2D eigenvalue weighted by Crippen LogP contribution is -2.45. The molecule has 1 aromatic heterocycles. The van der Waals surface area contributed by atoms with Crippen LogP contribution in [0.5, 0.6) is 0 Å². The van der Waals surface area contributed by atoms with E-state index >= 15 is 0 Å². The first-order valence-electron chi connectivity index (χ1n) is 11.4. The predicted octanol–water partition coefficient (Wildman–Crippen LogP) is 2.86. The molecule has 0 aliphatic carbocycles. The minimum atomic E-state index is -0.625. The lowest BCUT2D eigenvalue weighted by Gasteiger charge is -2.32. The molecule has 1 fully saturated rings. The van der Waals surface area contributed by atoms with Crippen LogP contribution in [-0.4, -0.2) is 45.6 Å². The van der Waals surface area contributed by atoms with Crippen molar-refractivity contribution in [3.05, 3.63) is 64.1 Å². The molecule has 2 amide bonds. The van der Waals surface area contributed by atoms with Gasteiger partial charge in [0.1, 0.15) is 0 Å². The zero-order chi connectivity index (χ0) is 24.1. The van der Waals surface area contributed by atoms with Crippen LogP contribution < -0.4 is 11.0 Å². The Balaban J connectivity index is 1.59. The van der Waals surface area contributed by atoms with Crippen LogP contribution in [0, 0.1) is 5.92 Å². The Morgan fingerprint density at radius 2 is 1.45 bits per heavy atom. The van der Waals surface area contributed by atoms with Crippen molar-refractivity contribution in [1.82, 2.24) is 9.47 Å². The quantitative estimate of drug-likeness (QED) is 0.500. The zero-order valence-electron chi connectivity index (χ0n) is 20.1. The molecule has 1 aromatic carbocycles. The second kappa shape index (κ2) is 8.26. The standard InChI is InChI=1S/C25H31BN2O5/c1-16(2)13-18(28-22(30)19-9-7-8-10-20(19)23(28)31)15-27-12-11-17(14-21(27)29)26-32-24(3,4)25(5,6)33-26/h7-12,14,16,18H,13,15H2,1-6H3. The first-order valence-corrected chi connectivity index (χ1v) is 11.4. The summed E-state index contributed by atoms with van der Waals surface area (Å²) in [5, 5.41) is 0. The fraction of sp³-hybridized carbons (Fsp3) is 0.480. The van der Waals surface area contributed by atoms with Crippen LogP contribution in [0.15, 0.2) is 47.4 Å². The number of aromatic nitrogens is 1. The number of hydrogen-bond donors (Lipinski definition) is 0. The topological polar surface area (TPSA) is 77.8 Å². The van der Waals surface area contributed by atoms with Gasteiger partial charge in [-0.2, -0.15) is 0 Å². The lowest BCUT2D eigenvalue weighted by atomic mass is 9.80. The SMILES string of the molecule is CC(C)CC(Cn1ccc(B2OC(C)(C)C(C)(C)O2)cc1=O)N1C(=O)c2ccccc2C1=O. The Morgan fingerprint density at radius 3 is 1.94 bits per heavy atom. The van der Waals surface area contributed by atoms with Gasteiger partial charge in [0.2, 0.25) is 5.56 Å². The maximum absolute atomic E-state index is 13.0. The number of pyridine rings is 1. The molecule has 33 heavy (non-hydrogen) atoms. The van der Waals surface area contributed by atoms with Crippen LogP contribution in [0.2, 0.25) is 0 Å². The Morgan fingerprint density at radius 1 is 0.909 bits per heavy atom. The molecule has 7 nitrogen and oxygen atoms in total. The van der Waals surface area contributed by atoms with E-state index in [2.05, 4.69) is 0 Å². The summed E-state index contributed by atoms with van der Waals surface area (Å²) >= 11 is 0. The van der Waals surface area contributed by atoms with Gasteiger partial charge in [-0.25, -0.2) is 0 Å². The first-order chi connectivity index (χ1) is 15.4. The molecule has 4 rings (SSSR count). The van der Waals surface area contributed by atoms with Gasteiger partial charge in [0.15, 0.2) is 0 Å². The molecular weight excluding hydrogens is 419 g/mol. The van der Waals surface area contributed by atoms with E-state index in [9.17, 15) is 14.4 Å². The number of nitrogens with zero attached hydrogens (tertiary/aromatic N) is 2. The number of fused-ring (bicyclic) bond motifs is 1. The van der Waals surface area contributed by atoms with Crippen LogP contribution in [0.1, 0.15) is 68.7 Å². The average molecular weight is 450 g/mol. The third kappa shape index (κ3) is 4.18. The molecule has 3 heterocycles. The Bertz CT molecular complexity index is 1100. The predicted molar refractivity (Wildman–Crippen MR) is 127 cm³/mol. The van der Waals surface area contributed by atoms with Gasteiger partial charge in [-0.05, 0) is 63.7 Å². The van der Waals surface area contributed by atoms with Crippen LogP contribution in [0.25, 0.3) is 0 Å². The van der Waals surface area contributed by atoms with Gasteiger partial charge in [0.05, 0.1) is 28.4 Å². The molecule has 8 heteroatoms. The number of carbonyl (C=O) groups is 2. The summed E-state index contributed by atoms with van der Waals surface area (Å²) in [6.45, 7) is 12.2. The normalized spacial score (nSPS) is 20.0. The molecule has 0 bridgehead atoms. The molecule has 0 spiro atoms. The summed E-state index contributed by atoms with van der Waals surface area (Å²) < 4.78 is 13.7. The van der Waals surface area contributed by atoms with Crippen molar-refractivity contribution in [1.29, 1.82) is 0 Å². The van der Waals surface area contributed by atoms with Gasteiger partial charge >= 0.3 is 7.12 Å². The van der Waals surface area contributed by atoms with Crippen molar-refractivity contribution in [3.63, 3.8) is 0 Å². The average Bonchev–Trinajstić information content (AvgIpc) is 3.11. The molecule has 174 valence electrons. The Kier molecular flexibility index (Phi) is 5.87. The number of imide groups is 1. The van der Waals surface area contributed by atoms with E-state index in [0.29, 0.717) is 23.0 Å². The molecule has 1 atom stereocenters. The van der Waals surface area contributed by atoms with E-state index in [1.165, 1.54) is 11.0 Å². The summed E-state index contributed by atoms with van der Waals surface area (Å²) in [7, 11) is -0.625. The van der Waals surface area contributed by atoms with Crippen LogP contribution in [-0.2, 0) is 15.9 Å². The van der Waals surface area contributed by atoms with Gasteiger partial charge in [0, 0.05) is 18.8 Å². The Hall–Kier alpha value is -2.71. The third-order valence-electron chi connectivity index (χ3n) is 6.89. The van der Waals surface area contributed by atoms with E-state index in [1.807, 2.05) is 41.5 Å². The van der Waals surface area contributed by atoms with Crippen molar-refractivity contribution in [2.75, 3.05) is 0 Å². The number of carbonyl (C=O) groups excluding carboxylic acids is 2. The summed E-state index contributed by atoms with van der Waals surface area (Å²) in [5.74, 6) is -0.370. The number of amides is 2. The van der Waals surface area contributed by atoms with E-state index in [-0.39, 0.29) is 29.8 Å². The second-order valence-corrected chi connectivity index (χ2v) is 10.3. The van der Waals surface area contributed by atoms with Gasteiger partial charge in [-0.15, -0.1) is 0 Å². The third-order valence-corrected chi connectivity index (χ3v) is 6.89. The van der Waals surface area contributed by atoms with E-state index in [4.69, 9.17) is 9.31 Å². The fourth-order valence-corrected chi connectivity index (χ4v) is 4.37. The highest BCUT2D eigenvalue weighted by Gasteiger charge is 2.51. The van der Waals surface area contributed by atoms with Gasteiger partial charge in [-0.3, -0.25) is 19.3 Å². The number of benzene rings is 1. The maximum Gasteiger partial charge on any atom is 0.495 e. The van der Waals surface area contributed by atoms with Crippen LogP contribution in [0.3, 0.4) is 0 Å². The summed E-state index contributed by atoms with van der Waals surface area (Å²) in [5.41, 5.74) is 0.254. The molecule has 1 saturated heterocycles. The first kappa shape index (κ1) is 23.5. The molecular formula is C25H31BN2O5. The van der Waals surface area contributed by atoms with E-state index < -0.39 is 24.4 Å². The van der Waals surface area contributed by atoms with Gasteiger partial charge in [0.25, 0.3) is 11.8 Å². The lowest BCUT2D eigenvalue weighted by molar-refractivity contribution is 0.00578. The van der Waals surface area contributed by atoms with Crippen LogP contribution in [0.4, 0.5) is 0 Å². The second-order valence-electron chi connectivity index (χ2n) is 10.3. The van der Waals surface area contributed by atoms with Crippen molar-refractivity contribution >= 4 is 24.4 Å². The molecule has 1 unspecified atom stereocenters.